The first-order valence-corrected chi connectivity index (χ1v) is 16.0. The van der Waals surface area contributed by atoms with Crippen LogP contribution in [0.4, 0.5) is 0 Å². The molecule has 4 aromatic carbocycles. The maximum absolute atomic E-state index is 15.2. The molecule has 0 unspecified atom stereocenters. The minimum Gasteiger partial charge on any atom is -0.503 e. The predicted octanol–water partition coefficient (Wildman–Crippen LogP) is 6.40. The smallest absolute Gasteiger partial charge is 0.503 e. The summed E-state index contributed by atoms with van der Waals surface area (Å²) in [5.41, 5.74) is 4.62. The number of benzene rings is 4. The van der Waals surface area contributed by atoms with Crippen LogP contribution in [-0.2, 0) is 46.7 Å². The van der Waals surface area contributed by atoms with Gasteiger partial charge in [0.1, 0.15) is 0 Å². The summed E-state index contributed by atoms with van der Waals surface area (Å²) in [7, 11) is -3.68. The largest absolute Gasteiger partial charge is 2.00 e. The van der Waals surface area contributed by atoms with Gasteiger partial charge in [0.05, 0.1) is 6.20 Å². The van der Waals surface area contributed by atoms with E-state index in [0.29, 0.717) is 33.6 Å². The molecule has 0 bridgehead atoms. The molecule has 3 aromatic heterocycles. The van der Waals surface area contributed by atoms with Crippen molar-refractivity contribution in [3.8, 4) is 56.6 Å². The van der Waals surface area contributed by atoms with Gasteiger partial charge < -0.3 is 24.0 Å². The molecule has 0 atom stereocenters. The molecule has 8 nitrogen and oxygen atoms in total. The number of nitrogens with zero attached hydrogens (tertiary/aromatic N) is 5. The first-order valence-electron chi connectivity index (χ1n) is 14.3. The van der Waals surface area contributed by atoms with Crippen molar-refractivity contribution in [2.45, 2.75) is 0 Å². The van der Waals surface area contributed by atoms with E-state index in [1.54, 1.807) is 36.7 Å². The fourth-order valence-electron chi connectivity index (χ4n) is 5.27. The number of hydrogen-bond donors (Lipinski definition) is 0. The SMILES string of the molecule is O=P1(c2nccnn2)c2[c-]c(Oc3[c-]c(-c4ccccn4)ccc3)ccc2-c2ccc(Oc3[c-]c(-c4ccccn4)ccc3)[c-]c21.[Pt+2].[Pt+2]. The topological polar surface area (TPSA) is 100.0 Å². The van der Waals surface area contributed by atoms with Crippen LogP contribution in [0.3, 0.4) is 0 Å². The van der Waals surface area contributed by atoms with Gasteiger partial charge in [0.2, 0.25) is 5.57 Å². The summed E-state index contributed by atoms with van der Waals surface area (Å²) >= 11 is 0. The van der Waals surface area contributed by atoms with E-state index in [1.165, 1.54) is 12.4 Å². The van der Waals surface area contributed by atoms with E-state index in [9.17, 15) is 0 Å². The van der Waals surface area contributed by atoms with E-state index in [1.807, 2.05) is 72.8 Å². The van der Waals surface area contributed by atoms with E-state index in [0.717, 1.165) is 33.6 Å². The molecule has 0 amide bonds. The molecule has 0 saturated heterocycles. The van der Waals surface area contributed by atoms with Gasteiger partial charge >= 0.3 is 42.1 Å². The molecule has 7 aromatic rings. The first-order chi connectivity index (χ1) is 22.6. The Morgan fingerprint density at radius 1 is 0.500 bits per heavy atom. The number of hydrogen-bond acceptors (Lipinski definition) is 8. The van der Waals surface area contributed by atoms with Crippen LogP contribution in [0, 0.1) is 24.3 Å². The normalized spacial score (nSPS) is 12.1. The molecule has 236 valence electrons. The average molecular weight is 1000 g/mol. The van der Waals surface area contributed by atoms with Crippen molar-refractivity contribution in [2.75, 3.05) is 0 Å². The molecular weight excluding hydrogens is 984 g/mol. The zero-order valence-corrected chi connectivity index (χ0v) is 30.0. The molecule has 1 aliphatic rings. The molecule has 1 aliphatic heterocycles. The second-order valence-corrected chi connectivity index (χ2v) is 12.7. The van der Waals surface area contributed by atoms with E-state index >= 15 is 4.57 Å². The van der Waals surface area contributed by atoms with Crippen molar-refractivity contribution in [2.24, 2.45) is 0 Å². The number of rotatable bonds is 7. The number of fused-ring (bicyclic) bond motifs is 3. The van der Waals surface area contributed by atoms with Gasteiger partial charge in [0.15, 0.2) is 7.14 Å². The van der Waals surface area contributed by atoms with Crippen molar-refractivity contribution in [3.05, 3.63) is 146 Å². The Balaban J connectivity index is 0.00000201. The molecule has 0 radical (unpaired) electrons. The Bertz CT molecular complexity index is 2120. The second kappa shape index (κ2) is 14.3. The molecule has 11 heteroatoms. The van der Waals surface area contributed by atoms with Crippen molar-refractivity contribution in [3.63, 3.8) is 0 Å². The van der Waals surface area contributed by atoms with Crippen molar-refractivity contribution >= 4 is 23.3 Å². The Morgan fingerprint density at radius 3 is 1.48 bits per heavy atom. The van der Waals surface area contributed by atoms with Crippen LogP contribution >= 0.6 is 7.14 Å². The Labute approximate surface area is 305 Å². The third kappa shape index (κ3) is 6.32. The average Bonchev–Trinajstić information content (AvgIpc) is 3.37. The molecule has 0 fully saturated rings. The van der Waals surface area contributed by atoms with Crippen LogP contribution in [0.2, 0.25) is 0 Å². The number of aromatic nitrogens is 5. The van der Waals surface area contributed by atoms with Crippen LogP contribution in [0.15, 0.2) is 122 Å². The molecule has 48 heavy (non-hydrogen) atoms. The first kappa shape index (κ1) is 33.3. The van der Waals surface area contributed by atoms with Crippen molar-refractivity contribution in [1.82, 2.24) is 25.1 Å². The fraction of sp³-hybridized carbons (Fsp3) is 0. The summed E-state index contributed by atoms with van der Waals surface area (Å²) in [6.45, 7) is 0. The Hall–Kier alpha value is -4.60. The van der Waals surface area contributed by atoms with E-state index in [2.05, 4.69) is 49.4 Å². The van der Waals surface area contributed by atoms with Gasteiger partial charge in [-0.1, -0.05) is 47.0 Å². The van der Waals surface area contributed by atoms with Crippen LogP contribution < -0.4 is 25.6 Å². The van der Waals surface area contributed by atoms with Gasteiger partial charge in [0, 0.05) is 41.6 Å². The van der Waals surface area contributed by atoms with Gasteiger partial charge in [-0.2, -0.15) is 28.4 Å². The summed E-state index contributed by atoms with van der Waals surface area (Å²) in [4.78, 5) is 13.2. The summed E-state index contributed by atoms with van der Waals surface area (Å²) in [6.07, 6.45) is 6.36. The summed E-state index contributed by atoms with van der Waals surface area (Å²) in [5, 5.41) is 8.97. The van der Waals surface area contributed by atoms with Gasteiger partial charge in [0.25, 0.3) is 0 Å². The maximum Gasteiger partial charge on any atom is 2.00 e. The van der Waals surface area contributed by atoms with Crippen molar-refractivity contribution < 1.29 is 56.2 Å². The summed E-state index contributed by atoms with van der Waals surface area (Å²) in [5.74, 6) is 1.66. The van der Waals surface area contributed by atoms with E-state index in [4.69, 9.17) is 9.47 Å². The number of pyridine rings is 2. The quantitative estimate of drug-likeness (QED) is 0.134. The van der Waals surface area contributed by atoms with Crippen LogP contribution in [0.5, 0.6) is 23.0 Å². The maximum atomic E-state index is 15.2. The zero-order valence-electron chi connectivity index (χ0n) is 24.6. The number of ether oxygens (including phenoxy) is 2. The minimum absolute atomic E-state index is 0. The molecule has 0 saturated carbocycles. The van der Waals surface area contributed by atoms with Crippen LogP contribution in [0.1, 0.15) is 0 Å². The molecule has 0 spiro atoms. The Kier molecular flexibility index (Phi) is 9.89. The molecule has 4 heterocycles. The summed E-state index contributed by atoms with van der Waals surface area (Å²) in [6, 6.07) is 42.8. The minimum atomic E-state index is -3.68. The third-order valence-electron chi connectivity index (χ3n) is 7.33. The molecule has 8 rings (SSSR count). The molecular formula is C37H20N5O3PPt2. The van der Waals surface area contributed by atoms with Crippen molar-refractivity contribution in [1.29, 1.82) is 0 Å². The second-order valence-electron chi connectivity index (χ2n) is 10.2. The van der Waals surface area contributed by atoms with Gasteiger partial charge in [-0.05, 0) is 23.5 Å². The molecule has 0 aliphatic carbocycles. The van der Waals surface area contributed by atoms with Gasteiger partial charge in [-0.25, -0.2) is 4.98 Å². The third-order valence-corrected chi connectivity index (χ3v) is 10.1. The predicted molar refractivity (Wildman–Crippen MR) is 173 cm³/mol. The monoisotopic (exact) mass is 1000 g/mol. The summed E-state index contributed by atoms with van der Waals surface area (Å²) < 4.78 is 27.5. The van der Waals surface area contributed by atoms with E-state index < -0.39 is 7.14 Å². The molecule has 0 N–H and O–H groups in total. The van der Waals surface area contributed by atoms with E-state index in [-0.39, 0.29) is 47.7 Å². The van der Waals surface area contributed by atoms with Gasteiger partial charge in [-0.15, -0.1) is 76.9 Å². The van der Waals surface area contributed by atoms with Gasteiger partial charge in [-0.3, -0.25) is 0 Å². The zero-order chi connectivity index (χ0) is 30.9. The van der Waals surface area contributed by atoms with Crippen LogP contribution in [-0.4, -0.2) is 25.1 Å². The Morgan fingerprint density at radius 2 is 1.02 bits per heavy atom. The standard InChI is InChI=1S/C37H20N5O3P.2Pt/c43-46(37-40-19-20-41-42-37)35-23-29(44-27-9-5-7-25(21-27)33-11-1-3-17-38-33)13-15-31(35)32-16-14-30(24-36(32)46)45-28-10-6-8-26(22-28)34-12-2-4-18-39-34;;/h1-20H;;/q-4;2*+2. The fourth-order valence-corrected chi connectivity index (χ4v) is 7.90. The van der Waals surface area contributed by atoms with Crippen LogP contribution in [0.25, 0.3) is 33.6 Å².